The van der Waals surface area contributed by atoms with Gasteiger partial charge in [0.05, 0.1) is 24.7 Å². The van der Waals surface area contributed by atoms with Gasteiger partial charge in [-0.25, -0.2) is 0 Å². The van der Waals surface area contributed by atoms with Gasteiger partial charge in [0.15, 0.2) is 8.32 Å². The fourth-order valence-electron chi connectivity index (χ4n) is 3.01. The van der Waals surface area contributed by atoms with Gasteiger partial charge in [-0.15, -0.1) is 0 Å². The van der Waals surface area contributed by atoms with E-state index in [0.717, 1.165) is 6.42 Å². The Morgan fingerprint density at radius 3 is 2.68 bits per heavy atom. The number of carbonyl (C=O) groups is 1. The highest BCUT2D eigenvalue weighted by Gasteiger charge is 2.64. The molecule has 0 N–H and O–H groups in total. The Morgan fingerprint density at radius 1 is 1.37 bits per heavy atom. The number of rotatable bonds is 3. The molecule has 2 saturated heterocycles. The molecule has 2 aliphatic heterocycles. The first-order chi connectivity index (χ1) is 8.71. The summed E-state index contributed by atoms with van der Waals surface area (Å²) in [5.41, 5.74) is 0. The number of cyclic esters (lactones) is 1. The third-order valence-corrected chi connectivity index (χ3v) is 9.87. The van der Waals surface area contributed by atoms with Crippen molar-refractivity contribution in [1.29, 1.82) is 0 Å². The minimum atomic E-state index is -1.78. The van der Waals surface area contributed by atoms with Crippen LogP contribution in [0.2, 0.25) is 18.1 Å². The quantitative estimate of drug-likeness (QED) is 0.453. The maximum Gasteiger partial charge on any atom is 0.309 e. The third kappa shape index (κ3) is 2.16. The van der Waals surface area contributed by atoms with E-state index in [2.05, 4.69) is 33.9 Å². The van der Waals surface area contributed by atoms with Crippen LogP contribution in [0.15, 0.2) is 0 Å². The maximum absolute atomic E-state index is 11.8. The van der Waals surface area contributed by atoms with E-state index in [1.807, 2.05) is 0 Å². The summed E-state index contributed by atoms with van der Waals surface area (Å²) in [7, 11) is -1.78. The molecule has 5 atom stereocenters. The van der Waals surface area contributed by atoms with Gasteiger partial charge in [0.25, 0.3) is 0 Å². The fraction of sp³-hybridized carbons (Fsp3) is 0.929. The fourth-order valence-corrected chi connectivity index (χ4v) is 4.03. The van der Waals surface area contributed by atoms with Crippen molar-refractivity contribution in [2.75, 3.05) is 6.61 Å². The van der Waals surface area contributed by atoms with E-state index in [1.165, 1.54) is 0 Å². The van der Waals surface area contributed by atoms with Gasteiger partial charge in [-0.3, -0.25) is 4.79 Å². The lowest BCUT2D eigenvalue weighted by Crippen LogP contribution is -2.43. The molecule has 108 valence electrons. The molecule has 0 spiro atoms. The first-order valence-corrected chi connectivity index (χ1v) is 10.1. The van der Waals surface area contributed by atoms with Crippen molar-refractivity contribution in [3.63, 3.8) is 0 Å². The summed E-state index contributed by atoms with van der Waals surface area (Å²) in [6.45, 7) is 11.7. The molecular formula is C14H24O4Si. The van der Waals surface area contributed by atoms with Gasteiger partial charge >= 0.3 is 5.97 Å². The monoisotopic (exact) mass is 284 g/mol. The van der Waals surface area contributed by atoms with Crippen molar-refractivity contribution < 1.29 is 18.7 Å². The van der Waals surface area contributed by atoms with Crippen LogP contribution in [-0.4, -0.2) is 39.2 Å². The lowest BCUT2D eigenvalue weighted by atomic mass is 9.93. The number of hydrogen-bond donors (Lipinski definition) is 0. The van der Waals surface area contributed by atoms with Crippen molar-refractivity contribution >= 4 is 14.3 Å². The van der Waals surface area contributed by atoms with Crippen molar-refractivity contribution in [2.24, 2.45) is 11.8 Å². The lowest BCUT2D eigenvalue weighted by molar-refractivity contribution is -0.145. The average Bonchev–Trinajstić information content (AvgIpc) is 2.82. The molecule has 3 aliphatic rings. The number of esters is 1. The average molecular weight is 284 g/mol. The van der Waals surface area contributed by atoms with Crippen LogP contribution in [0.4, 0.5) is 0 Å². The Balaban J connectivity index is 1.63. The molecule has 0 bridgehead atoms. The molecule has 1 saturated carbocycles. The maximum atomic E-state index is 11.8. The summed E-state index contributed by atoms with van der Waals surface area (Å²) in [6, 6.07) is 0. The summed E-state index contributed by atoms with van der Waals surface area (Å²) >= 11 is 0. The van der Waals surface area contributed by atoms with Crippen LogP contribution in [0.5, 0.6) is 0 Å². The second-order valence-electron chi connectivity index (χ2n) is 7.61. The Morgan fingerprint density at radius 2 is 2.05 bits per heavy atom. The molecule has 0 radical (unpaired) electrons. The SMILES string of the molecule is CC(C)(C)[Si](C)(C)OC[C@@H]1OC(=O)[C@@H]2C[C@@H]3O[C@@H]3[C@H]12. The van der Waals surface area contributed by atoms with Gasteiger partial charge < -0.3 is 13.9 Å². The normalized spacial score (nSPS) is 40.9. The minimum Gasteiger partial charge on any atom is -0.459 e. The van der Waals surface area contributed by atoms with E-state index in [1.54, 1.807) is 0 Å². The van der Waals surface area contributed by atoms with Crippen molar-refractivity contribution in [3.05, 3.63) is 0 Å². The van der Waals surface area contributed by atoms with Crippen LogP contribution < -0.4 is 0 Å². The second kappa shape index (κ2) is 4.05. The third-order valence-electron chi connectivity index (χ3n) is 5.37. The van der Waals surface area contributed by atoms with Crippen LogP contribution in [0.3, 0.4) is 0 Å². The number of hydrogen-bond acceptors (Lipinski definition) is 4. The van der Waals surface area contributed by atoms with Gasteiger partial charge in [-0.05, 0) is 24.6 Å². The van der Waals surface area contributed by atoms with E-state index in [-0.39, 0.29) is 35.1 Å². The Bertz CT molecular complexity index is 401. The summed E-state index contributed by atoms with van der Waals surface area (Å²) in [5, 5.41) is 0.184. The highest BCUT2D eigenvalue weighted by molar-refractivity contribution is 6.74. The van der Waals surface area contributed by atoms with E-state index in [9.17, 15) is 4.79 Å². The molecule has 0 unspecified atom stereocenters. The van der Waals surface area contributed by atoms with Gasteiger partial charge in [-0.2, -0.15) is 0 Å². The summed E-state index contributed by atoms with van der Waals surface area (Å²) in [4.78, 5) is 11.8. The smallest absolute Gasteiger partial charge is 0.309 e. The largest absolute Gasteiger partial charge is 0.459 e. The summed E-state index contributed by atoms with van der Waals surface area (Å²) < 4.78 is 17.3. The molecule has 0 aromatic rings. The molecule has 0 aromatic carbocycles. The number of epoxide rings is 1. The number of carbonyl (C=O) groups excluding carboxylic acids is 1. The Labute approximate surface area is 115 Å². The molecule has 19 heavy (non-hydrogen) atoms. The number of ether oxygens (including phenoxy) is 2. The van der Waals surface area contributed by atoms with Gasteiger partial charge in [0.1, 0.15) is 6.10 Å². The van der Waals surface area contributed by atoms with Crippen LogP contribution in [0.1, 0.15) is 27.2 Å². The molecule has 0 amide bonds. The zero-order valence-corrected chi connectivity index (χ0v) is 13.4. The molecule has 2 heterocycles. The predicted octanol–water partition coefficient (Wildman–Crippen LogP) is 2.34. The van der Waals surface area contributed by atoms with Crippen LogP contribution >= 0.6 is 0 Å². The van der Waals surface area contributed by atoms with Crippen molar-refractivity contribution in [3.8, 4) is 0 Å². The summed E-state index contributed by atoms with van der Waals surface area (Å²) in [6.07, 6.45) is 1.33. The zero-order chi connectivity index (χ0) is 14.0. The van der Waals surface area contributed by atoms with E-state index < -0.39 is 8.32 Å². The molecule has 3 fully saturated rings. The van der Waals surface area contributed by atoms with Gasteiger partial charge in [0.2, 0.25) is 0 Å². The first kappa shape index (κ1) is 13.6. The molecule has 5 heteroatoms. The van der Waals surface area contributed by atoms with Crippen LogP contribution in [-0.2, 0) is 18.7 Å². The van der Waals surface area contributed by atoms with Gasteiger partial charge in [0, 0.05) is 5.92 Å². The highest BCUT2D eigenvalue weighted by atomic mass is 28.4. The molecule has 0 aromatic heterocycles. The number of fused-ring (bicyclic) bond motifs is 3. The topological polar surface area (TPSA) is 48.1 Å². The van der Waals surface area contributed by atoms with Crippen molar-refractivity contribution in [2.45, 2.75) is 63.6 Å². The first-order valence-electron chi connectivity index (χ1n) is 7.20. The van der Waals surface area contributed by atoms with E-state index in [0.29, 0.717) is 12.7 Å². The summed E-state index contributed by atoms with van der Waals surface area (Å²) in [5.74, 6) is 0.267. The lowest BCUT2D eigenvalue weighted by Gasteiger charge is -2.37. The van der Waals surface area contributed by atoms with Crippen LogP contribution in [0.25, 0.3) is 0 Å². The molecular weight excluding hydrogens is 260 g/mol. The Kier molecular flexibility index (Phi) is 2.90. The van der Waals surface area contributed by atoms with E-state index >= 15 is 0 Å². The second-order valence-corrected chi connectivity index (χ2v) is 12.4. The predicted molar refractivity (Wildman–Crippen MR) is 73.3 cm³/mol. The molecule has 3 rings (SSSR count). The highest BCUT2D eigenvalue weighted by Crippen LogP contribution is 2.52. The molecule has 1 aliphatic carbocycles. The zero-order valence-electron chi connectivity index (χ0n) is 12.4. The minimum absolute atomic E-state index is 0.0374. The van der Waals surface area contributed by atoms with Crippen LogP contribution in [0, 0.1) is 11.8 Å². The van der Waals surface area contributed by atoms with E-state index in [4.69, 9.17) is 13.9 Å². The standard InChI is InChI=1S/C14H24O4Si/c1-14(2,3)19(4,5)16-7-10-11-8(13(15)18-10)6-9-12(11)17-9/h8-12H,6-7H2,1-5H3/t8-,9+,10+,11+,12+/m1/s1. The molecule has 4 nitrogen and oxygen atoms in total. The van der Waals surface area contributed by atoms with Gasteiger partial charge in [-0.1, -0.05) is 20.8 Å². The van der Waals surface area contributed by atoms with Crippen molar-refractivity contribution in [1.82, 2.24) is 0 Å². The Hall–Kier alpha value is -0.393.